The Hall–Kier alpha value is -3.06. The van der Waals surface area contributed by atoms with Crippen LogP contribution in [0.25, 0.3) is 0 Å². The van der Waals surface area contributed by atoms with E-state index in [-0.39, 0.29) is 17.1 Å². The van der Waals surface area contributed by atoms with E-state index >= 15 is 0 Å². The van der Waals surface area contributed by atoms with Gasteiger partial charge < -0.3 is 16.0 Å². The fourth-order valence-electron chi connectivity index (χ4n) is 3.25. The molecule has 1 amide bonds. The highest BCUT2D eigenvalue weighted by Crippen LogP contribution is 2.38. The first-order valence-electron chi connectivity index (χ1n) is 10.0. The van der Waals surface area contributed by atoms with Crippen molar-refractivity contribution < 1.29 is 9.59 Å². The van der Waals surface area contributed by atoms with Crippen molar-refractivity contribution in [1.82, 2.24) is 0 Å². The van der Waals surface area contributed by atoms with Crippen molar-refractivity contribution in [3.63, 3.8) is 0 Å². The molecule has 3 N–H and O–H groups in total. The number of benzene rings is 3. The third kappa shape index (κ3) is 5.30. The van der Waals surface area contributed by atoms with Crippen LogP contribution in [0, 0.1) is 12.3 Å². The number of rotatable bonds is 6. The fraction of sp³-hybridized carbons (Fsp3) is 0.0800. The number of nitrogens with one attached hydrogen (secondary N) is 3. The molecule has 1 atom stereocenters. The van der Waals surface area contributed by atoms with E-state index in [1.165, 1.54) is 0 Å². The predicted octanol–water partition coefficient (Wildman–Crippen LogP) is 6.58. The van der Waals surface area contributed by atoms with E-state index in [9.17, 15) is 9.59 Å². The van der Waals surface area contributed by atoms with Gasteiger partial charge in [0.05, 0.1) is 16.3 Å². The molecule has 3 aromatic carbocycles. The number of Topliss-reactive ketones (excluding diaryl/α,β-unsaturated/α-hetero) is 1. The average molecular weight is 496 g/mol. The minimum absolute atomic E-state index is 0.0477. The van der Waals surface area contributed by atoms with Crippen molar-refractivity contribution in [2.24, 2.45) is 0 Å². The van der Waals surface area contributed by atoms with Crippen LogP contribution in [0.15, 0.2) is 83.4 Å². The van der Waals surface area contributed by atoms with E-state index in [2.05, 4.69) is 10.6 Å². The highest BCUT2D eigenvalue weighted by Gasteiger charge is 2.39. The standard InChI is InChI=1S/C25H19Cl2N3O2S/c1-14-2-4-15(5-3-14)22(31)23-21(28)20(24(32)29-18-10-6-16(26)7-11-18)25(33-23)30-19-12-8-17(27)9-13-19/h2-13,23,28,30H,1H3,(H,29,32). The Bertz CT molecular complexity index is 1250. The molecule has 0 aliphatic carbocycles. The molecule has 0 saturated carbocycles. The van der Waals surface area contributed by atoms with Gasteiger partial charge in [-0.3, -0.25) is 9.59 Å². The van der Waals surface area contributed by atoms with Crippen LogP contribution in [-0.4, -0.2) is 22.7 Å². The van der Waals surface area contributed by atoms with Crippen molar-refractivity contribution >= 4 is 63.7 Å². The Balaban J connectivity index is 1.64. The van der Waals surface area contributed by atoms with Gasteiger partial charge in [0.15, 0.2) is 5.78 Å². The fourth-order valence-corrected chi connectivity index (χ4v) is 4.72. The van der Waals surface area contributed by atoms with Gasteiger partial charge in [0.1, 0.15) is 5.25 Å². The first kappa shape index (κ1) is 23.1. The van der Waals surface area contributed by atoms with Gasteiger partial charge in [-0.1, -0.05) is 64.8 Å². The lowest BCUT2D eigenvalue weighted by Gasteiger charge is -2.10. The van der Waals surface area contributed by atoms with E-state index in [0.29, 0.717) is 32.0 Å². The minimum Gasteiger partial charge on any atom is -0.349 e. The highest BCUT2D eigenvalue weighted by molar-refractivity contribution is 8.05. The quantitative estimate of drug-likeness (QED) is 0.337. The third-order valence-corrected chi connectivity index (χ3v) is 6.73. The summed E-state index contributed by atoms with van der Waals surface area (Å²) in [6.07, 6.45) is 0. The molecule has 1 aliphatic heterocycles. The number of carbonyl (C=O) groups excluding carboxylic acids is 2. The number of aryl methyl sites for hydroxylation is 1. The summed E-state index contributed by atoms with van der Waals surface area (Å²) in [7, 11) is 0. The molecule has 0 aromatic heterocycles. The molecule has 0 saturated heterocycles. The van der Waals surface area contributed by atoms with Crippen molar-refractivity contribution in [3.05, 3.63) is 105 Å². The van der Waals surface area contributed by atoms with E-state index in [4.69, 9.17) is 28.6 Å². The van der Waals surface area contributed by atoms with Gasteiger partial charge in [0, 0.05) is 27.0 Å². The Morgan fingerprint density at radius 2 is 1.39 bits per heavy atom. The van der Waals surface area contributed by atoms with E-state index in [0.717, 1.165) is 17.3 Å². The number of anilines is 2. The molecule has 1 unspecified atom stereocenters. The summed E-state index contributed by atoms with van der Waals surface area (Å²) in [6, 6.07) is 20.8. The molecule has 0 bridgehead atoms. The summed E-state index contributed by atoms with van der Waals surface area (Å²) < 4.78 is 0. The first-order valence-corrected chi connectivity index (χ1v) is 11.7. The SMILES string of the molecule is Cc1ccc(C(=O)C2SC(Nc3ccc(Cl)cc3)=C(C(=O)Nc3ccc(Cl)cc3)C2=N)cc1. The van der Waals surface area contributed by atoms with E-state index in [1.807, 2.05) is 19.1 Å². The van der Waals surface area contributed by atoms with Gasteiger partial charge in [0.25, 0.3) is 5.91 Å². The number of amides is 1. The summed E-state index contributed by atoms with van der Waals surface area (Å²) in [5, 5.41) is 15.4. The zero-order valence-corrected chi connectivity index (χ0v) is 19.8. The Labute approximate surface area is 205 Å². The number of halogens is 2. The average Bonchev–Trinajstić information content (AvgIpc) is 3.12. The maximum atomic E-state index is 13.2. The molecule has 0 radical (unpaired) electrons. The second-order valence-corrected chi connectivity index (χ2v) is 9.43. The van der Waals surface area contributed by atoms with Crippen LogP contribution in [0.5, 0.6) is 0 Å². The van der Waals surface area contributed by atoms with Gasteiger partial charge in [-0.05, 0) is 55.5 Å². The Morgan fingerprint density at radius 3 is 1.97 bits per heavy atom. The number of carbonyl (C=O) groups is 2. The van der Waals surface area contributed by atoms with Crippen LogP contribution in [0.4, 0.5) is 11.4 Å². The lowest BCUT2D eigenvalue weighted by atomic mass is 9.99. The van der Waals surface area contributed by atoms with Crippen LogP contribution in [0.3, 0.4) is 0 Å². The summed E-state index contributed by atoms with van der Waals surface area (Å²) in [4.78, 5) is 26.4. The minimum atomic E-state index is -0.839. The molecule has 166 valence electrons. The second kappa shape index (κ2) is 9.83. The maximum Gasteiger partial charge on any atom is 0.260 e. The van der Waals surface area contributed by atoms with Crippen LogP contribution in [0.2, 0.25) is 10.0 Å². The number of hydrogen-bond acceptors (Lipinski definition) is 5. The van der Waals surface area contributed by atoms with Gasteiger partial charge in [-0.25, -0.2) is 0 Å². The molecular weight excluding hydrogens is 477 g/mol. The number of hydrogen-bond donors (Lipinski definition) is 3. The van der Waals surface area contributed by atoms with E-state index < -0.39 is 11.2 Å². The van der Waals surface area contributed by atoms with Gasteiger partial charge in [0.2, 0.25) is 0 Å². The topological polar surface area (TPSA) is 82.1 Å². The van der Waals surface area contributed by atoms with Gasteiger partial charge >= 0.3 is 0 Å². The molecule has 3 aromatic rings. The monoisotopic (exact) mass is 495 g/mol. The number of ketones is 1. The molecule has 1 aliphatic rings. The molecule has 5 nitrogen and oxygen atoms in total. The highest BCUT2D eigenvalue weighted by atomic mass is 35.5. The lowest BCUT2D eigenvalue weighted by Crippen LogP contribution is -2.28. The molecule has 1 heterocycles. The van der Waals surface area contributed by atoms with E-state index in [1.54, 1.807) is 60.7 Å². The van der Waals surface area contributed by atoms with Crippen molar-refractivity contribution in [1.29, 1.82) is 5.41 Å². The Kier molecular flexibility index (Phi) is 6.88. The van der Waals surface area contributed by atoms with Crippen LogP contribution in [0.1, 0.15) is 15.9 Å². The summed E-state index contributed by atoms with van der Waals surface area (Å²) in [6.45, 7) is 1.94. The Morgan fingerprint density at radius 1 is 0.848 bits per heavy atom. The molecular formula is C25H19Cl2N3O2S. The second-order valence-electron chi connectivity index (χ2n) is 7.44. The van der Waals surface area contributed by atoms with Gasteiger partial charge in [-0.2, -0.15) is 0 Å². The summed E-state index contributed by atoms with van der Waals surface area (Å²) in [5.74, 6) is -0.708. The molecule has 33 heavy (non-hydrogen) atoms. The lowest BCUT2D eigenvalue weighted by molar-refractivity contribution is -0.112. The largest absolute Gasteiger partial charge is 0.349 e. The molecule has 8 heteroatoms. The summed E-state index contributed by atoms with van der Waals surface area (Å²) >= 11 is 13.1. The summed E-state index contributed by atoms with van der Waals surface area (Å²) in [5.41, 5.74) is 2.83. The zero-order chi connectivity index (χ0) is 23.5. The maximum absolute atomic E-state index is 13.2. The van der Waals surface area contributed by atoms with Crippen molar-refractivity contribution in [2.75, 3.05) is 10.6 Å². The van der Waals surface area contributed by atoms with Crippen molar-refractivity contribution in [3.8, 4) is 0 Å². The smallest absolute Gasteiger partial charge is 0.260 e. The normalized spacial score (nSPS) is 15.5. The van der Waals surface area contributed by atoms with Crippen molar-refractivity contribution in [2.45, 2.75) is 12.2 Å². The van der Waals surface area contributed by atoms with Crippen LogP contribution in [-0.2, 0) is 4.79 Å². The van der Waals surface area contributed by atoms with Crippen LogP contribution < -0.4 is 10.6 Å². The van der Waals surface area contributed by atoms with Crippen LogP contribution >= 0.6 is 35.0 Å². The first-order chi connectivity index (χ1) is 15.8. The third-order valence-electron chi connectivity index (χ3n) is 5.00. The molecule has 0 spiro atoms. The number of thioether (sulfide) groups is 1. The molecule has 4 rings (SSSR count). The zero-order valence-electron chi connectivity index (χ0n) is 17.5. The predicted molar refractivity (Wildman–Crippen MR) is 137 cm³/mol. The molecule has 0 fully saturated rings. The van der Waals surface area contributed by atoms with Gasteiger partial charge in [-0.15, -0.1) is 0 Å².